The summed E-state index contributed by atoms with van der Waals surface area (Å²) >= 11 is 2.02. The summed E-state index contributed by atoms with van der Waals surface area (Å²) in [6.45, 7) is 3.39. The molecule has 2 aliphatic rings. The lowest BCUT2D eigenvalue weighted by molar-refractivity contribution is -0.131. The van der Waals surface area contributed by atoms with Crippen LogP contribution in [0.3, 0.4) is 0 Å². The SMILES string of the molecule is [N-]=[N+]=NCC(=O)N1CCN([C@H]2CCSC2)CC1. The van der Waals surface area contributed by atoms with Crippen molar-refractivity contribution in [1.29, 1.82) is 0 Å². The summed E-state index contributed by atoms with van der Waals surface area (Å²) in [4.78, 5) is 18.5. The molecule has 94 valence electrons. The lowest BCUT2D eigenvalue weighted by atomic mass is 10.2. The molecule has 2 aliphatic heterocycles. The third-order valence-corrected chi connectivity index (χ3v) is 4.50. The minimum atomic E-state index is -0.0525. The molecule has 0 N–H and O–H groups in total. The first kappa shape index (κ1) is 12.5. The van der Waals surface area contributed by atoms with Gasteiger partial charge in [-0.05, 0) is 17.7 Å². The van der Waals surface area contributed by atoms with E-state index in [4.69, 9.17) is 5.53 Å². The highest BCUT2D eigenvalue weighted by atomic mass is 32.2. The molecule has 6 nitrogen and oxygen atoms in total. The van der Waals surface area contributed by atoms with E-state index in [1.54, 1.807) is 4.90 Å². The maximum atomic E-state index is 11.6. The van der Waals surface area contributed by atoms with Crippen LogP contribution in [0.15, 0.2) is 5.11 Å². The molecule has 0 aromatic rings. The van der Waals surface area contributed by atoms with Gasteiger partial charge in [-0.15, -0.1) is 0 Å². The van der Waals surface area contributed by atoms with Crippen molar-refractivity contribution in [3.8, 4) is 0 Å². The van der Waals surface area contributed by atoms with Crippen LogP contribution < -0.4 is 0 Å². The summed E-state index contributed by atoms with van der Waals surface area (Å²) in [6.07, 6.45) is 1.28. The van der Waals surface area contributed by atoms with Crippen LogP contribution in [-0.4, -0.2) is 66.0 Å². The second-order valence-electron chi connectivity index (χ2n) is 4.32. The Kier molecular flexibility index (Phi) is 4.53. The zero-order valence-electron chi connectivity index (χ0n) is 9.79. The molecule has 2 heterocycles. The van der Waals surface area contributed by atoms with Gasteiger partial charge in [-0.25, -0.2) is 0 Å². The van der Waals surface area contributed by atoms with Crippen molar-refractivity contribution in [1.82, 2.24) is 9.80 Å². The fourth-order valence-corrected chi connectivity index (χ4v) is 3.59. The molecule has 0 aliphatic carbocycles. The van der Waals surface area contributed by atoms with Crippen LogP contribution in [0.4, 0.5) is 0 Å². The van der Waals surface area contributed by atoms with Gasteiger partial charge in [0.05, 0.1) is 0 Å². The fraction of sp³-hybridized carbons (Fsp3) is 0.900. The number of rotatable bonds is 3. The van der Waals surface area contributed by atoms with Crippen molar-refractivity contribution < 1.29 is 4.79 Å². The average molecular weight is 255 g/mol. The van der Waals surface area contributed by atoms with E-state index in [-0.39, 0.29) is 12.5 Å². The highest BCUT2D eigenvalue weighted by molar-refractivity contribution is 7.99. The van der Waals surface area contributed by atoms with Crippen LogP contribution in [-0.2, 0) is 4.79 Å². The third-order valence-electron chi connectivity index (χ3n) is 3.36. The zero-order chi connectivity index (χ0) is 12.1. The topological polar surface area (TPSA) is 72.3 Å². The van der Waals surface area contributed by atoms with Crippen LogP contribution >= 0.6 is 11.8 Å². The van der Waals surface area contributed by atoms with Gasteiger partial charge in [0.15, 0.2) is 0 Å². The number of hydrogen-bond acceptors (Lipinski definition) is 4. The largest absolute Gasteiger partial charge is 0.340 e. The Morgan fingerprint density at radius 2 is 2.18 bits per heavy atom. The second-order valence-corrected chi connectivity index (χ2v) is 5.47. The number of carbonyl (C=O) groups excluding carboxylic acids is 1. The highest BCUT2D eigenvalue weighted by Crippen LogP contribution is 2.23. The maximum Gasteiger partial charge on any atom is 0.228 e. The van der Waals surface area contributed by atoms with E-state index >= 15 is 0 Å². The Balaban J connectivity index is 1.77. The zero-order valence-corrected chi connectivity index (χ0v) is 10.6. The minimum Gasteiger partial charge on any atom is -0.340 e. The van der Waals surface area contributed by atoms with Crippen LogP contribution in [0.5, 0.6) is 0 Å². The molecule has 2 saturated heterocycles. The van der Waals surface area contributed by atoms with Gasteiger partial charge >= 0.3 is 0 Å². The molecule has 2 rings (SSSR count). The van der Waals surface area contributed by atoms with Crippen LogP contribution in [0.2, 0.25) is 0 Å². The van der Waals surface area contributed by atoms with Gasteiger partial charge in [0.2, 0.25) is 5.91 Å². The molecule has 0 unspecified atom stereocenters. The fourth-order valence-electron chi connectivity index (χ4n) is 2.34. The number of azide groups is 1. The summed E-state index contributed by atoms with van der Waals surface area (Å²) in [7, 11) is 0. The summed E-state index contributed by atoms with van der Waals surface area (Å²) in [5, 5.41) is 3.32. The second kappa shape index (κ2) is 6.14. The molecule has 17 heavy (non-hydrogen) atoms. The monoisotopic (exact) mass is 255 g/mol. The molecule has 2 fully saturated rings. The van der Waals surface area contributed by atoms with Gasteiger partial charge in [0.1, 0.15) is 6.54 Å². The summed E-state index contributed by atoms with van der Waals surface area (Å²) < 4.78 is 0. The first-order chi connectivity index (χ1) is 8.31. The molecule has 7 heteroatoms. The molecule has 0 saturated carbocycles. The molecular formula is C10H17N5OS. The first-order valence-electron chi connectivity index (χ1n) is 5.91. The normalized spacial score (nSPS) is 25.6. The predicted molar refractivity (Wildman–Crippen MR) is 67.9 cm³/mol. The van der Waals surface area contributed by atoms with E-state index in [0.717, 1.165) is 26.2 Å². The van der Waals surface area contributed by atoms with Gasteiger partial charge < -0.3 is 4.90 Å². The number of amides is 1. The Morgan fingerprint density at radius 1 is 1.41 bits per heavy atom. The molecule has 0 aromatic heterocycles. The quantitative estimate of drug-likeness (QED) is 0.428. The maximum absolute atomic E-state index is 11.6. The highest BCUT2D eigenvalue weighted by Gasteiger charge is 2.27. The van der Waals surface area contributed by atoms with E-state index < -0.39 is 0 Å². The number of thioether (sulfide) groups is 1. The minimum absolute atomic E-state index is 0.0459. The van der Waals surface area contributed by atoms with Crippen LogP contribution in [0, 0.1) is 0 Å². The average Bonchev–Trinajstić information content (AvgIpc) is 2.90. The van der Waals surface area contributed by atoms with Crippen molar-refractivity contribution in [2.45, 2.75) is 12.5 Å². The lowest BCUT2D eigenvalue weighted by Gasteiger charge is -2.37. The Morgan fingerprint density at radius 3 is 2.76 bits per heavy atom. The lowest BCUT2D eigenvalue weighted by Crippen LogP contribution is -2.52. The van der Waals surface area contributed by atoms with E-state index in [2.05, 4.69) is 14.9 Å². The van der Waals surface area contributed by atoms with E-state index in [1.807, 2.05) is 11.8 Å². The smallest absolute Gasteiger partial charge is 0.228 e. The number of carbonyl (C=O) groups is 1. The molecule has 0 bridgehead atoms. The van der Waals surface area contributed by atoms with E-state index in [9.17, 15) is 4.79 Å². The van der Waals surface area contributed by atoms with Crippen molar-refractivity contribution in [3.63, 3.8) is 0 Å². The van der Waals surface area contributed by atoms with Gasteiger partial charge in [0, 0.05) is 42.9 Å². The summed E-state index contributed by atoms with van der Waals surface area (Å²) in [6, 6.07) is 0.703. The van der Waals surface area contributed by atoms with Crippen molar-refractivity contribution in [3.05, 3.63) is 10.4 Å². The Labute approximate surface area is 105 Å². The Hall–Kier alpha value is -0.910. The van der Waals surface area contributed by atoms with E-state index in [1.165, 1.54) is 17.9 Å². The predicted octanol–water partition coefficient (Wildman–Crippen LogP) is 0.946. The number of nitrogens with zero attached hydrogens (tertiary/aromatic N) is 5. The van der Waals surface area contributed by atoms with Crippen molar-refractivity contribution in [2.75, 3.05) is 44.2 Å². The molecule has 0 radical (unpaired) electrons. The molecule has 1 amide bonds. The van der Waals surface area contributed by atoms with E-state index in [0.29, 0.717) is 6.04 Å². The molecule has 1 atom stereocenters. The van der Waals surface area contributed by atoms with Crippen LogP contribution in [0.1, 0.15) is 6.42 Å². The van der Waals surface area contributed by atoms with Gasteiger partial charge in [0.25, 0.3) is 0 Å². The Bertz CT molecular complexity index is 317. The third kappa shape index (κ3) is 3.28. The summed E-state index contributed by atoms with van der Waals surface area (Å²) in [5.74, 6) is 2.44. The molecular weight excluding hydrogens is 238 g/mol. The van der Waals surface area contributed by atoms with Gasteiger partial charge in [-0.3, -0.25) is 9.69 Å². The summed E-state index contributed by atoms with van der Waals surface area (Å²) in [5.41, 5.74) is 8.18. The first-order valence-corrected chi connectivity index (χ1v) is 7.07. The molecule has 0 aromatic carbocycles. The van der Waals surface area contributed by atoms with Crippen molar-refractivity contribution in [2.24, 2.45) is 5.11 Å². The van der Waals surface area contributed by atoms with Crippen molar-refractivity contribution >= 4 is 17.7 Å². The standard InChI is InChI=1S/C10H17N5OS/c11-13-12-7-10(16)15-4-2-14(3-5-15)9-1-6-17-8-9/h9H,1-8H2/t9-/m0/s1. The van der Waals surface area contributed by atoms with Gasteiger partial charge in [-0.2, -0.15) is 11.8 Å². The number of hydrogen-bond donors (Lipinski definition) is 0. The molecule has 0 spiro atoms. The van der Waals surface area contributed by atoms with Gasteiger partial charge in [-0.1, -0.05) is 5.11 Å². The number of piperazine rings is 1. The van der Waals surface area contributed by atoms with Crippen LogP contribution in [0.25, 0.3) is 10.4 Å².